The predicted molar refractivity (Wildman–Crippen MR) is 64.0 cm³/mol. The maximum absolute atomic E-state index is 13.4. The Balaban J connectivity index is 2.58. The first-order valence-electron chi connectivity index (χ1n) is 5.78. The van der Waals surface area contributed by atoms with Crippen molar-refractivity contribution in [3.05, 3.63) is 35.6 Å². The lowest BCUT2D eigenvalue weighted by atomic mass is 10.2. The lowest BCUT2D eigenvalue weighted by Crippen LogP contribution is -2.30. The maximum atomic E-state index is 13.4. The maximum Gasteiger partial charge on any atom is 0.320 e. The van der Waals surface area contributed by atoms with Gasteiger partial charge in [-0.3, -0.25) is 9.69 Å². The van der Waals surface area contributed by atoms with Crippen LogP contribution in [-0.2, 0) is 16.1 Å². The normalized spacial score (nSPS) is 10.6. The van der Waals surface area contributed by atoms with Crippen LogP contribution in [0, 0.1) is 5.82 Å². The summed E-state index contributed by atoms with van der Waals surface area (Å²) >= 11 is 0. The van der Waals surface area contributed by atoms with Crippen LogP contribution in [0.15, 0.2) is 24.3 Å². The van der Waals surface area contributed by atoms with E-state index in [2.05, 4.69) is 0 Å². The summed E-state index contributed by atoms with van der Waals surface area (Å²) in [6.45, 7) is 5.36. The van der Waals surface area contributed by atoms with Gasteiger partial charge in [-0.15, -0.1) is 0 Å². The highest BCUT2D eigenvalue weighted by Crippen LogP contribution is 2.09. The van der Waals surface area contributed by atoms with Crippen molar-refractivity contribution in [1.82, 2.24) is 4.90 Å². The molecule has 0 aliphatic heterocycles. The van der Waals surface area contributed by atoms with Gasteiger partial charge in [-0.2, -0.15) is 0 Å². The third-order valence-electron chi connectivity index (χ3n) is 2.46. The monoisotopic (exact) mass is 239 g/mol. The number of halogens is 1. The fourth-order valence-electron chi connectivity index (χ4n) is 1.54. The van der Waals surface area contributed by atoms with E-state index in [9.17, 15) is 9.18 Å². The summed E-state index contributed by atoms with van der Waals surface area (Å²) in [5.41, 5.74) is 0.596. The Kier molecular flexibility index (Phi) is 5.63. The van der Waals surface area contributed by atoms with Gasteiger partial charge in [-0.25, -0.2) is 4.39 Å². The molecule has 0 saturated heterocycles. The third-order valence-corrected chi connectivity index (χ3v) is 2.46. The standard InChI is InChI=1S/C13H18FNO2/c1-3-15(10-13(16)17-4-2)9-11-7-5-6-8-12(11)14/h5-8H,3-4,9-10H2,1-2H3. The number of likely N-dealkylation sites (N-methyl/N-ethyl adjacent to an activating group) is 1. The molecule has 1 rings (SSSR count). The average Bonchev–Trinajstić information content (AvgIpc) is 2.31. The largest absolute Gasteiger partial charge is 0.465 e. The zero-order valence-corrected chi connectivity index (χ0v) is 10.3. The fourth-order valence-corrected chi connectivity index (χ4v) is 1.54. The van der Waals surface area contributed by atoms with Crippen molar-refractivity contribution < 1.29 is 13.9 Å². The Labute approximate surface area is 101 Å². The molecule has 0 spiro atoms. The molecule has 1 aromatic rings. The molecule has 3 nitrogen and oxygen atoms in total. The SMILES string of the molecule is CCOC(=O)CN(CC)Cc1ccccc1F. The first-order valence-corrected chi connectivity index (χ1v) is 5.78. The molecule has 0 radical (unpaired) electrons. The zero-order valence-electron chi connectivity index (χ0n) is 10.3. The van der Waals surface area contributed by atoms with Gasteiger partial charge in [0.15, 0.2) is 0 Å². The van der Waals surface area contributed by atoms with E-state index in [1.807, 2.05) is 11.8 Å². The Morgan fingerprint density at radius 1 is 1.35 bits per heavy atom. The molecule has 0 saturated carbocycles. The van der Waals surface area contributed by atoms with E-state index in [4.69, 9.17) is 4.74 Å². The first-order chi connectivity index (χ1) is 8.17. The van der Waals surface area contributed by atoms with Crippen molar-refractivity contribution >= 4 is 5.97 Å². The quantitative estimate of drug-likeness (QED) is 0.713. The van der Waals surface area contributed by atoms with Crippen LogP contribution in [0.3, 0.4) is 0 Å². The molecule has 0 aromatic heterocycles. The van der Waals surface area contributed by atoms with Crippen molar-refractivity contribution in [3.63, 3.8) is 0 Å². The van der Waals surface area contributed by atoms with Crippen molar-refractivity contribution in [2.45, 2.75) is 20.4 Å². The van der Waals surface area contributed by atoms with E-state index < -0.39 is 0 Å². The van der Waals surface area contributed by atoms with Gasteiger partial charge >= 0.3 is 5.97 Å². The van der Waals surface area contributed by atoms with Crippen LogP contribution < -0.4 is 0 Å². The molecule has 4 heteroatoms. The molecule has 0 N–H and O–H groups in total. The van der Waals surface area contributed by atoms with Gasteiger partial charge < -0.3 is 4.74 Å². The molecule has 0 bridgehead atoms. The van der Waals surface area contributed by atoms with E-state index in [0.29, 0.717) is 25.3 Å². The van der Waals surface area contributed by atoms with Crippen LogP contribution in [0.1, 0.15) is 19.4 Å². The zero-order chi connectivity index (χ0) is 12.7. The second kappa shape index (κ2) is 7.01. The van der Waals surface area contributed by atoms with Crippen molar-refractivity contribution in [2.75, 3.05) is 19.7 Å². The van der Waals surface area contributed by atoms with Crippen LogP contribution in [0.2, 0.25) is 0 Å². The average molecular weight is 239 g/mol. The van der Waals surface area contributed by atoms with Crippen molar-refractivity contribution in [3.8, 4) is 0 Å². The summed E-state index contributed by atoms with van der Waals surface area (Å²) in [5.74, 6) is -0.513. The van der Waals surface area contributed by atoms with Gasteiger partial charge in [0, 0.05) is 12.1 Å². The molecular weight excluding hydrogens is 221 g/mol. The molecule has 1 aromatic carbocycles. The predicted octanol–water partition coefficient (Wildman–Crippen LogP) is 2.21. The number of nitrogens with zero attached hydrogens (tertiary/aromatic N) is 1. The van der Waals surface area contributed by atoms with Gasteiger partial charge in [-0.05, 0) is 19.5 Å². The molecule has 0 aliphatic rings. The number of hydrogen-bond donors (Lipinski definition) is 0. The minimum Gasteiger partial charge on any atom is -0.465 e. The molecule has 0 fully saturated rings. The van der Waals surface area contributed by atoms with E-state index in [1.165, 1.54) is 6.07 Å². The smallest absolute Gasteiger partial charge is 0.320 e. The summed E-state index contributed by atoms with van der Waals surface area (Å²) in [5, 5.41) is 0. The first kappa shape index (κ1) is 13.6. The number of ether oxygens (including phenoxy) is 1. The molecule has 94 valence electrons. The Morgan fingerprint density at radius 3 is 2.65 bits per heavy atom. The van der Waals surface area contributed by atoms with E-state index in [0.717, 1.165) is 0 Å². The Morgan fingerprint density at radius 2 is 2.06 bits per heavy atom. The van der Waals surface area contributed by atoms with E-state index >= 15 is 0 Å². The van der Waals surface area contributed by atoms with Crippen LogP contribution in [0.25, 0.3) is 0 Å². The van der Waals surface area contributed by atoms with Gasteiger partial charge in [0.2, 0.25) is 0 Å². The minimum atomic E-state index is -0.273. The van der Waals surface area contributed by atoms with Crippen LogP contribution in [0.4, 0.5) is 4.39 Å². The van der Waals surface area contributed by atoms with Crippen molar-refractivity contribution in [1.29, 1.82) is 0 Å². The van der Waals surface area contributed by atoms with Crippen LogP contribution in [0.5, 0.6) is 0 Å². The van der Waals surface area contributed by atoms with E-state index in [1.54, 1.807) is 25.1 Å². The minimum absolute atomic E-state index is 0.193. The summed E-state index contributed by atoms with van der Waals surface area (Å²) in [6, 6.07) is 6.59. The van der Waals surface area contributed by atoms with Gasteiger partial charge in [-0.1, -0.05) is 25.1 Å². The Bertz CT molecular complexity index is 368. The number of hydrogen-bond acceptors (Lipinski definition) is 3. The lowest BCUT2D eigenvalue weighted by molar-refractivity contribution is -0.144. The summed E-state index contributed by atoms with van der Waals surface area (Å²) in [6.07, 6.45) is 0. The van der Waals surface area contributed by atoms with Crippen molar-refractivity contribution in [2.24, 2.45) is 0 Å². The summed E-state index contributed by atoms with van der Waals surface area (Å²) in [7, 11) is 0. The van der Waals surface area contributed by atoms with Gasteiger partial charge in [0.05, 0.1) is 13.2 Å². The number of carbonyl (C=O) groups excluding carboxylic acids is 1. The number of esters is 1. The molecule has 0 amide bonds. The topological polar surface area (TPSA) is 29.5 Å². The highest BCUT2D eigenvalue weighted by atomic mass is 19.1. The summed E-state index contributed by atoms with van der Waals surface area (Å²) < 4.78 is 18.3. The highest BCUT2D eigenvalue weighted by Gasteiger charge is 2.12. The molecule has 0 unspecified atom stereocenters. The molecule has 0 atom stereocenters. The van der Waals surface area contributed by atoms with E-state index in [-0.39, 0.29) is 18.3 Å². The third kappa shape index (κ3) is 4.53. The lowest BCUT2D eigenvalue weighted by Gasteiger charge is -2.19. The highest BCUT2D eigenvalue weighted by molar-refractivity contribution is 5.71. The number of benzene rings is 1. The second-order valence-corrected chi connectivity index (χ2v) is 3.70. The van der Waals surface area contributed by atoms with Crippen LogP contribution in [-0.4, -0.2) is 30.6 Å². The number of rotatable bonds is 6. The van der Waals surface area contributed by atoms with Crippen LogP contribution >= 0.6 is 0 Å². The molecule has 17 heavy (non-hydrogen) atoms. The fraction of sp³-hybridized carbons (Fsp3) is 0.462. The number of carbonyl (C=O) groups is 1. The second-order valence-electron chi connectivity index (χ2n) is 3.70. The summed E-state index contributed by atoms with van der Waals surface area (Å²) in [4.78, 5) is 13.2. The molecule has 0 aliphatic carbocycles. The Hall–Kier alpha value is -1.42. The molecule has 0 heterocycles. The van der Waals surface area contributed by atoms with Gasteiger partial charge in [0.25, 0.3) is 0 Å². The van der Waals surface area contributed by atoms with Gasteiger partial charge in [0.1, 0.15) is 5.82 Å². The molecular formula is C13H18FNO2.